The summed E-state index contributed by atoms with van der Waals surface area (Å²) in [7, 11) is 0. The zero-order valence-corrected chi connectivity index (χ0v) is 8.28. The van der Waals surface area contributed by atoms with Crippen molar-refractivity contribution in [2.75, 3.05) is 0 Å². The van der Waals surface area contributed by atoms with Crippen molar-refractivity contribution >= 4 is 0 Å². The van der Waals surface area contributed by atoms with E-state index in [0.717, 1.165) is 12.8 Å². The van der Waals surface area contributed by atoms with E-state index in [1.54, 1.807) is 0 Å². The fourth-order valence-electron chi connectivity index (χ4n) is 1.20. The Labute approximate surface area is 71.0 Å². The van der Waals surface area contributed by atoms with Crippen LogP contribution in [0.3, 0.4) is 0 Å². The van der Waals surface area contributed by atoms with Gasteiger partial charge in [0.1, 0.15) is 0 Å². The molecule has 0 spiro atoms. The van der Waals surface area contributed by atoms with Crippen molar-refractivity contribution < 1.29 is 0 Å². The third-order valence-corrected chi connectivity index (χ3v) is 1.87. The Bertz CT molecular complexity index is 149. The first-order valence-corrected chi connectivity index (χ1v) is 4.31. The number of allylic oxidation sites excluding steroid dienone is 3. The van der Waals surface area contributed by atoms with Crippen LogP contribution in [0.5, 0.6) is 0 Å². The van der Waals surface area contributed by atoms with Crippen LogP contribution >= 0.6 is 0 Å². The van der Waals surface area contributed by atoms with Gasteiger partial charge < -0.3 is 0 Å². The molecule has 0 heteroatoms. The molecule has 0 atom stereocenters. The molecule has 0 aromatic carbocycles. The van der Waals surface area contributed by atoms with Crippen LogP contribution in [0.15, 0.2) is 24.3 Å². The SMILES string of the molecule is C=CCC(C)(C)C=C(C)CC. The molecule has 0 aliphatic carbocycles. The molecule has 0 saturated heterocycles. The summed E-state index contributed by atoms with van der Waals surface area (Å²) in [5.74, 6) is 0. The summed E-state index contributed by atoms with van der Waals surface area (Å²) in [6.45, 7) is 12.6. The van der Waals surface area contributed by atoms with Crippen molar-refractivity contribution in [1.82, 2.24) is 0 Å². The molecule has 0 saturated carbocycles. The molecule has 0 bridgehead atoms. The fourth-order valence-corrected chi connectivity index (χ4v) is 1.20. The summed E-state index contributed by atoms with van der Waals surface area (Å²) >= 11 is 0. The zero-order chi connectivity index (χ0) is 8.91. The maximum Gasteiger partial charge on any atom is -0.0138 e. The van der Waals surface area contributed by atoms with E-state index in [2.05, 4.69) is 40.3 Å². The van der Waals surface area contributed by atoms with Crippen molar-refractivity contribution in [2.24, 2.45) is 5.41 Å². The minimum Gasteiger partial charge on any atom is -0.103 e. The van der Waals surface area contributed by atoms with Crippen LogP contribution in [0.1, 0.15) is 40.5 Å². The van der Waals surface area contributed by atoms with Crippen LogP contribution in [0.2, 0.25) is 0 Å². The zero-order valence-electron chi connectivity index (χ0n) is 8.28. The van der Waals surface area contributed by atoms with E-state index < -0.39 is 0 Å². The summed E-state index contributed by atoms with van der Waals surface area (Å²) in [6, 6.07) is 0. The molecule has 0 rings (SSSR count). The average Bonchev–Trinajstić information content (AvgIpc) is 1.86. The van der Waals surface area contributed by atoms with E-state index in [-0.39, 0.29) is 0 Å². The van der Waals surface area contributed by atoms with Crippen LogP contribution in [0.25, 0.3) is 0 Å². The standard InChI is InChI=1S/C11H20/c1-6-8-11(4,5)9-10(3)7-2/h6,9H,1,7-8H2,2-5H3. The Morgan fingerprint density at radius 2 is 2.00 bits per heavy atom. The largest absolute Gasteiger partial charge is 0.103 e. The van der Waals surface area contributed by atoms with Crippen LogP contribution in [-0.2, 0) is 0 Å². The molecule has 0 fully saturated rings. The number of hydrogen-bond acceptors (Lipinski definition) is 0. The number of rotatable bonds is 4. The van der Waals surface area contributed by atoms with Gasteiger partial charge in [0.25, 0.3) is 0 Å². The first kappa shape index (κ1) is 10.5. The highest BCUT2D eigenvalue weighted by Gasteiger charge is 2.11. The highest BCUT2D eigenvalue weighted by atomic mass is 14.2. The van der Waals surface area contributed by atoms with Gasteiger partial charge in [-0.05, 0) is 25.2 Å². The van der Waals surface area contributed by atoms with E-state index in [1.807, 2.05) is 6.08 Å². The smallest absolute Gasteiger partial charge is 0.0138 e. The third-order valence-electron chi connectivity index (χ3n) is 1.87. The van der Waals surface area contributed by atoms with Gasteiger partial charge in [0, 0.05) is 0 Å². The van der Waals surface area contributed by atoms with Gasteiger partial charge in [0.2, 0.25) is 0 Å². The minimum absolute atomic E-state index is 0.293. The molecule has 0 nitrogen and oxygen atoms in total. The Hall–Kier alpha value is -0.520. The predicted octanol–water partition coefficient (Wildman–Crippen LogP) is 3.95. The molecule has 0 radical (unpaired) electrons. The van der Waals surface area contributed by atoms with Gasteiger partial charge in [-0.1, -0.05) is 38.5 Å². The van der Waals surface area contributed by atoms with E-state index >= 15 is 0 Å². The highest BCUT2D eigenvalue weighted by Crippen LogP contribution is 2.24. The second kappa shape index (κ2) is 4.38. The lowest BCUT2D eigenvalue weighted by atomic mass is 9.87. The molecule has 0 amide bonds. The van der Waals surface area contributed by atoms with Crippen molar-refractivity contribution in [1.29, 1.82) is 0 Å². The Morgan fingerprint density at radius 1 is 1.45 bits per heavy atom. The van der Waals surface area contributed by atoms with E-state index in [0.29, 0.717) is 5.41 Å². The lowest BCUT2D eigenvalue weighted by Gasteiger charge is -2.18. The molecule has 0 N–H and O–H groups in total. The van der Waals surface area contributed by atoms with Gasteiger partial charge in [0.05, 0.1) is 0 Å². The van der Waals surface area contributed by atoms with Gasteiger partial charge >= 0.3 is 0 Å². The molecule has 0 aliphatic rings. The molecule has 11 heavy (non-hydrogen) atoms. The normalized spacial score (nSPS) is 13.3. The second-order valence-electron chi connectivity index (χ2n) is 3.83. The first-order valence-electron chi connectivity index (χ1n) is 4.31. The number of hydrogen-bond donors (Lipinski definition) is 0. The Balaban J connectivity index is 4.19. The van der Waals surface area contributed by atoms with E-state index in [4.69, 9.17) is 0 Å². The van der Waals surface area contributed by atoms with Crippen molar-refractivity contribution in [2.45, 2.75) is 40.5 Å². The molecule has 0 unspecified atom stereocenters. The molecule has 64 valence electrons. The first-order chi connectivity index (χ1) is 5.02. The molecular formula is C11H20. The molecule has 0 aliphatic heterocycles. The van der Waals surface area contributed by atoms with E-state index in [1.165, 1.54) is 5.57 Å². The van der Waals surface area contributed by atoms with Gasteiger partial charge in [0.15, 0.2) is 0 Å². The summed E-state index contributed by atoms with van der Waals surface area (Å²) in [5.41, 5.74) is 1.76. The van der Waals surface area contributed by atoms with Gasteiger partial charge in [-0.3, -0.25) is 0 Å². The highest BCUT2D eigenvalue weighted by molar-refractivity contribution is 5.05. The van der Waals surface area contributed by atoms with Crippen LogP contribution in [0.4, 0.5) is 0 Å². The second-order valence-corrected chi connectivity index (χ2v) is 3.83. The Kier molecular flexibility index (Phi) is 4.17. The van der Waals surface area contributed by atoms with Gasteiger partial charge in [-0.15, -0.1) is 6.58 Å². The maximum absolute atomic E-state index is 3.75. The average molecular weight is 152 g/mol. The summed E-state index contributed by atoms with van der Waals surface area (Å²) in [4.78, 5) is 0. The molecule has 0 aromatic heterocycles. The van der Waals surface area contributed by atoms with E-state index in [9.17, 15) is 0 Å². The maximum atomic E-state index is 3.75. The topological polar surface area (TPSA) is 0 Å². The fraction of sp³-hybridized carbons (Fsp3) is 0.636. The van der Waals surface area contributed by atoms with Crippen molar-refractivity contribution in [3.05, 3.63) is 24.3 Å². The summed E-state index contributed by atoms with van der Waals surface area (Å²) < 4.78 is 0. The van der Waals surface area contributed by atoms with Gasteiger partial charge in [-0.2, -0.15) is 0 Å². The molecule has 0 aromatic rings. The van der Waals surface area contributed by atoms with Crippen LogP contribution < -0.4 is 0 Å². The van der Waals surface area contributed by atoms with Crippen LogP contribution in [-0.4, -0.2) is 0 Å². The minimum atomic E-state index is 0.293. The Morgan fingerprint density at radius 3 is 2.36 bits per heavy atom. The van der Waals surface area contributed by atoms with Gasteiger partial charge in [-0.25, -0.2) is 0 Å². The quantitative estimate of drug-likeness (QED) is 0.535. The summed E-state index contributed by atoms with van der Waals surface area (Å²) in [5, 5.41) is 0. The lowest BCUT2D eigenvalue weighted by Crippen LogP contribution is -2.06. The van der Waals surface area contributed by atoms with Crippen LogP contribution in [0, 0.1) is 5.41 Å². The van der Waals surface area contributed by atoms with Crippen molar-refractivity contribution in [3.63, 3.8) is 0 Å². The molecular weight excluding hydrogens is 132 g/mol. The lowest BCUT2D eigenvalue weighted by molar-refractivity contribution is 0.484. The predicted molar refractivity (Wildman–Crippen MR) is 52.6 cm³/mol. The van der Waals surface area contributed by atoms with Crippen molar-refractivity contribution in [3.8, 4) is 0 Å². The third kappa shape index (κ3) is 4.83. The summed E-state index contributed by atoms with van der Waals surface area (Å²) in [6.07, 6.45) is 6.54. The monoisotopic (exact) mass is 152 g/mol. The molecule has 0 heterocycles.